The van der Waals surface area contributed by atoms with Gasteiger partial charge in [0.2, 0.25) is 0 Å². The Hall–Kier alpha value is -4.89. The van der Waals surface area contributed by atoms with Crippen molar-refractivity contribution in [3.05, 3.63) is 108 Å². The van der Waals surface area contributed by atoms with Crippen LogP contribution in [0.25, 0.3) is 38.8 Å². The van der Waals surface area contributed by atoms with Gasteiger partial charge < -0.3 is 25.5 Å². The topological polar surface area (TPSA) is 105 Å². The third-order valence-corrected chi connectivity index (χ3v) is 8.97. The van der Waals surface area contributed by atoms with Gasteiger partial charge in [-0.25, -0.2) is 9.97 Å². The van der Waals surface area contributed by atoms with Crippen LogP contribution in [-0.2, 0) is 6.54 Å². The lowest BCUT2D eigenvalue weighted by Gasteiger charge is -2.33. The van der Waals surface area contributed by atoms with E-state index in [1.54, 1.807) is 23.7 Å². The predicted octanol–water partition coefficient (Wildman–Crippen LogP) is 6.34. The van der Waals surface area contributed by atoms with Crippen LogP contribution in [0.1, 0.15) is 40.4 Å². The summed E-state index contributed by atoms with van der Waals surface area (Å²) in [5.74, 6) is -0.126. The van der Waals surface area contributed by atoms with Crippen molar-refractivity contribution in [3.8, 4) is 11.1 Å². The van der Waals surface area contributed by atoms with Gasteiger partial charge in [-0.1, -0.05) is 36.9 Å². The van der Waals surface area contributed by atoms with E-state index in [0.717, 1.165) is 64.2 Å². The third-order valence-electron chi connectivity index (χ3n) is 8.14. The molecule has 0 atom stereocenters. The van der Waals surface area contributed by atoms with E-state index in [1.165, 1.54) is 5.39 Å². The van der Waals surface area contributed by atoms with Gasteiger partial charge in [-0.3, -0.25) is 4.79 Å². The molecule has 210 valence electrons. The number of nitrogens with two attached hydrogens (primary N) is 1. The maximum atomic E-state index is 13.1. The number of hydrogen-bond donors (Lipinski definition) is 3. The number of aromatic nitrogens is 4. The summed E-state index contributed by atoms with van der Waals surface area (Å²) in [6.45, 7) is 6.28. The molecule has 5 heterocycles. The zero-order chi connectivity index (χ0) is 28.6. The van der Waals surface area contributed by atoms with Crippen LogP contribution >= 0.6 is 11.3 Å². The molecule has 0 saturated carbocycles. The number of nitrogens with one attached hydrogen (secondary N) is 2. The molecule has 1 aliphatic rings. The number of aromatic amines is 1. The molecule has 42 heavy (non-hydrogen) atoms. The number of carbonyl (C=O) groups is 1. The highest BCUT2D eigenvalue weighted by atomic mass is 32.1. The summed E-state index contributed by atoms with van der Waals surface area (Å²) < 4.78 is 2.43. The molecular weight excluding hydrogens is 542 g/mol. The summed E-state index contributed by atoms with van der Waals surface area (Å²) in [5, 5.41) is 8.22. The number of hydrogen-bond acceptors (Lipinski definition) is 6. The number of anilines is 1. The number of rotatable bonds is 7. The highest BCUT2D eigenvalue weighted by Crippen LogP contribution is 2.37. The summed E-state index contributed by atoms with van der Waals surface area (Å²) in [6, 6.07) is 18.8. The normalized spacial score (nSPS) is 14.0. The van der Waals surface area contributed by atoms with Gasteiger partial charge in [0.15, 0.2) is 5.13 Å². The second-order valence-electron chi connectivity index (χ2n) is 10.7. The maximum absolute atomic E-state index is 13.1. The average Bonchev–Trinajstić information content (AvgIpc) is 3.79. The minimum absolute atomic E-state index is 0.126. The van der Waals surface area contributed by atoms with E-state index in [9.17, 15) is 4.79 Å². The zero-order valence-electron chi connectivity index (χ0n) is 23.1. The number of piperidine rings is 1. The number of nitrogens with zero attached hydrogens (tertiary/aromatic N) is 4. The van der Waals surface area contributed by atoms with Crippen LogP contribution in [0.5, 0.6) is 0 Å². The predicted molar refractivity (Wildman–Crippen MR) is 170 cm³/mol. The van der Waals surface area contributed by atoms with E-state index in [2.05, 4.69) is 72.8 Å². The lowest BCUT2D eigenvalue weighted by Crippen LogP contribution is -2.34. The van der Waals surface area contributed by atoms with Crippen molar-refractivity contribution in [2.75, 3.05) is 18.0 Å². The molecule has 1 fully saturated rings. The molecule has 4 aromatic heterocycles. The quantitative estimate of drug-likeness (QED) is 0.207. The third kappa shape index (κ3) is 4.81. The van der Waals surface area contributed by atoms with Crippen LogP contribution in [0.4, 0.5) is 5.13 Å². The number of amides is 1. The van der Waals surface area contributed by atoms with E-state index < -0.39 is 0 Å². The molecule has 8 nitrogen and oxygen atoms in total. The van der Waals surface area contributed by atoms with Crippen molar-refractivity contribution in [3.63, 3.8) is 0 Å². The average molecular weight is 574 g/mol. The van der Waals surface area contributed by atoms with E-state index in [0.29, 0.717) is 29.5 Å². The second-order valence-corrected chi connectivity index (χ2v) is 11.6. The molecule has 6 aromatic rings. The number of H-pyrrole nitrogens is 1. The number of fused-ring (bicyclic) bond motifs is 2. The maximum Gasteiger partial charge on any atom is 0.253 e. The molecule has 0 aliphatic carbocycles. The number of pyridine rings is 1. The molecule has 1 amide bonds. The second kappa shape index (κ2) is 10.8. The smallest absolute Gasteiger partial charge is 0.253 e. The zero-order valence-corrected chi connectivity index (χ0v) is 23.9. The fraction of sp³-hybridized carbons (Fsp3) is 0.182. The van der Waals surface area contributed by atoms with Crippen molar-refractivity contribution >= 4 is 50.0 Å². The van der Waals surface area contributed by atoms with E-state index >= 15 is 0 Å². The first kappa shape index (κ1) is 26.0. The fourth-order valence-corrected chi connectivity index (χ4v) is 6.65. The number of benzene rings is 2. The first-order valence-corrected chi connectivity index (χ1v) is 15.0. The Morgan fingerprint density at radius 1 is 1.07 bits per heavy atom. The minimum Gasteiger partial charge on any atom is -0.399 e. The Morgan fingerprint density at radius 3 is 2.76 bits per heavy atom. The van der Waals surface area contributed by atoms with Crippen LogP contribution in [0.15, 0.2) is 91.3 Å². The monoisotopic (exact) mass is 573 g/mol. The Labute approximate surface area is 247 Å². The van der Waals surface area contributed by atoms with Gasteiger partial charge >= 0.3 is 0 Å². The van der Waals surface area contributed by atoms with Gasteiger partial charge in [0.1, 0.15) is 5.65 Å². The van der Waals surface area contributed by atoms with Gasteiger partial charge in [-0.2, -0.15) is 0 Å². The van der Waals surface area contributed by atoms with Crippen molar-refractivity contribution in [2.45, 2.75) is 25.4 Å². The molecule has 4 N–H and O–H groups in total. The first-order chi connectivity index (χ1) is 20.5. The number of carbonyl (C=O) groups excluding carboxylic acids is 1. The molecule has 2 aromatic carbocycles. The molecule has 0 bridgehead atoms. The van der Waals surface area contributed by atoms with Crippen molar-refractivity contribution in [2.24, 2.45) is 5.73 Å². The van der Waals surface area contributed by atoms with Crippen LogP contribution in [0, 0.1) is 0 Å². The molecule has 0 unspecified atom stereocenters. The number of thiazole rings is 1. The Balaban J connectivity index is 1.20. The SMILES string of the molecule is C=C(N)c1cccc(-c2cn(C3CCN(c4nccs4)CC3)c3cc(CNC(=O)c4c[nH]c5ncccc45)ccc23)c1. The summed E-state index contributed by atoms with van der Waals surface area (Å²) >= 11 is 1.69. The van der Waals surface area contributed by atoms with E-state index in [4.69, 9.17) is 5.73 Å². The Morgan fingerprint density at radius 2 is 1.95 bits per heavy atom. The summed E-state index contributed by atoms with van der Waals surface area (Å²) in [5.41, 5.74) is 13.3. The van der Waals surface area contributed by atoms with Crippen molar-refractivity contribution in [1.29, 1.82) is 0 Å². The Bertz CT molecular complexity index is 1910. The molecular formula is C33H31N7OS. The standard InChI is InChI=1S/C33H31N7OS/c1-21(34)23-4-2-5-24(17-23)29-20-40(25-9-13-39(14-10-25)33-36-12-15-42-33)30-16-22(7-8-26(29)30)18-38-32(41)28-19-37-31-27(28)6-3-11-35-31/h2-8,11-12,15-17,19-20,25H,1,9-10,13-14,18,34H2,(H,35,37)(H,38,41). The lowest BCUT2D eigenvalue weighted by atomic mass is 10.0. The lowest BCUT2D eigenvalue weighted by molar-refractivity contribution is 0.0952. The summed E-state index contributed by atoms with van der Waals surface area (Å²) in [4.78, 5) is 27.4. The highest BCUT2D eigenvalue weighted by molar-refractivity contribution is 7.13. The Kier molecular flexibility index (Phi) is 6.71. The van der Waals surface area contributed by atoms with Gasteiger partial charge in [-0.15, -0.1) is 11.3 Å². The molecule has 0 spiro atoms. The fourth-order valence-electron chi connectivity index (χ4n) is 5.95. The van der Waals surface area contributed by atoms with Gasteiger partial charge in [0.05, 0.1) is 5.56 Å². The van der Waals surface area contributed by atoms with Gasteiger partial charge in [0, 0.05) is 83.4 Å². The first-order valence-electron chi connectivity index (χ1n) is 14.1. The largest absolute Gasteiger partial charge is 0.399 e. The van der Waals surface area contributed by atoms with Gasteiger partial charge in [-0.05, 0) is 53.8 Å². The molecule has 7 rings (SSSR count). The van der Waals surface area contributed by atoms with Gasteiger partial charge in [0.25, 0.3) is 5.91 Å². The molecule has 0 radical (unpaired) electrons. The van der Waals surface area contributed by atoms with Crippen LogP contribution < -0.4 is 16.0 Å². The summed E-state index contributed by atoms with van der Waals surface area (Å²) in [6.07, 6.45) is 9.64. The van der Waals surface area contributed by atoms with E-state index in [-0.39, 0.29) is 5.91 Å². The van der Waals surface area contributed by atoms with Crippen LogP contribution in [0.3, 0.4) is 0 Å². The van der Waals surface area contributed by atoms with Crippen molar-refractivity contribution < 1.29 is 4.79 Å². The molecule has 9 heteroatoms. The molecule has 1 saturated heterocycles. The minimum atomic E-state index is -0.126. The summed E-state index contributed by atoms with van der Waals surface area (Å²) in [7, 11) is 0. The van der Waals surface area contributed by atoms with E-state index in [1.807, 2.05) is 35.8 Å². The van der Waals surface area contributed by atoms with Crippen LogP contribution in [-0.4, -0.2) is 38.5 Å². The molecule has 1 aliphatic heterocycles. The highest BCUT2D eigenvalue weighted by Gasteiger charge is 2.24. The van der Waals surface area contributed by atoms with Crippen LogP contribution in [0.2, 0.25) is 0 Å². The van der Waals surface area contributed by atoms with Crippen molar-refractivity contribution in [1.82, 2.24) is 24.8 Å².